The van der Waals surface area contributed by atoms with Crippen LogP contribution in [0, 0.1) is 0 Å². The van der Waals surface area contributed by atoms with Crippen LogP contribution in [0.2, 0.25) is 0 Å². The lowest BCUT2D eigenvalue weighted by molar-refractivity contribution is -0.123. The third-order valence-electron chi connectivity index (χ3n) is 5.47. The lowest BCUT2D eigenvalue weighted by Gasteiger charge is -2.31. The van der Waals surface area contributed by atoms with E-state index in [0.717, 1.165) is 18.4 Å². The van der Waals surface area contributed by atoms with E-state index in [1.165, 1.54) is 19.1 Å². The highest BCUT2D eigenvalue weighted by molar-refractivity contribution is 5.95. The molecule has 1 aromatic carbocycles. The fourth-order valence-electron chi connectivity index (χ4n) is 4.17. The van der Waals surface area contributed by atoms with Crippen LogP contribution in [-0.4, -0.2) is 36.0 Å². The van der Waals surface area contributed by atoms with Gasteiger partial charge in [-0.05, 0) is 43.4 Å². The summed E-state index contributed by atoms with van der Waals surface area (Å²) in [6.07, 6.45) is 6.15. The van der Waals surface area contributed by atoms with Crippen LogP contribution < -0.4 is 16.0 Å². The number of furan rings is 1. The molecule has 1 aromatic heterocycles. The normalized spacial score (nSPS) is 25.0. The molecule has 3 atom stereocenters. The predicted octanol–water partition coefficient (Wildman–Crippen LogP) is 2.02. The van der Waals surface area contributed by atoms with Crippen molar-refractivity contribution in [3.8, 4) is 0 Å². The van der Waals surface area contributed by atoms with Gasteiger partial charge in [0.25, 0.3) is 5.91 Å². The standard InChI is InChI=1S/C21H25N3O3/c25-20(23-17-12-15-8-9-16(13-17)22-15)18(11-14-5-2-1-3-6-14)24-21(26)19-7-4-10-27-19/h1-7,10,15-18,22H,8-9,11-13H2,(H,23,25)(H,24,26). The summed E-state index contributed by atoms with van der Waals surface area (Å²) >= 11 is 0. The van der Waals surface area contributed by atoms with E-state index in [2.05, 4.69) is 16.0 Å². The smallest absolute Gasteiger partial charge is 0.287 e. The molecule has 142 valence electrons. The van der Waals surface area contributed by atoms with E-state index in [-0.39, 0.29) is 23.6 Å². The maximum absolute atomic E-state index is 13.0. The fourth-order valence-corrected chi connectivity index (χ4v) is 4.17. The van der Waals surface area contributed by atoms with Gasteiger partial charge >= 0.3 is 0 Å². The van der Waals surface area contributed by atoms with Crippen molar-refractivity contribution in [2.45, 2.75) is 56.3 Å². The molecule has 2 saturated heterocycles. The Bertz CT molecular complexity index is 763. The molecule has 2 bridgehead atoms. The molecule has 3 N–H and O–H groups in total. The van der Waals surface area contributed by atoms with Gasteiger partial charge in [0, 0.05) is 24.5 Å². The van der Waals surface area contributed by atoms with Gasteiger partial charge in [0.05, 0.1) is 6.26 Å². The Hall–Kier alpha value is -2.60. The molecule has 2 aliphatic heterocycles. The molecular weight excluding hydrogens is 342 g/mol. The number of carbonyl (C=O) groups is 2. The van der Waals surface area contributed by atoms with Crippen molar-refractivity contribution in [1.29, 1.82) is 0 Å². The minimum absolute atomic E-state index is 0.134. The number of nitrogens with one attached hydrogen (secondary N) is 3. The summed E-state index contributed by atoms with van der Waals surface area (Å²) in [6, 6.07) is 13.5. The van der Waals surface area contributed by atoms with E-state index >= 15 is 0 Å². The largest absolute Gasteiger partial charge is 0.459 e. The van der Waals surface area contributed by atoms with E-state index in [0.29, 0.717) is 18.5 Å². The summed E-state index contributed by atoms with van der Waals surface area (Å²) in [7, 11) is 0. The lowest BCUT2D eigenvalue weighted by atomic mass is 9.98. The molecule has 3 unspecified atom stereocenters. The first-order valence-corrected chi connectivity index (χ1v) is 9.62. The second kappa shape index (κ2) is 7.96. The van der Waals surface area contributed by atoms with Crippen LogP contribution in [-0.2, 0) is 11.2 Å². The number of piperidine rings is 1. The second-order valence-electron chi connectivity index (χ2n) is 7.51. The SMILES string of the molecule is O=C(NC(Cc1ccccc1)C(=O)NC1CC2CCC(C1)N2)c1ccco1. The number of rotatable bonds is 6. The van der Waals surface area contributed by atoms with Crippen LogP contribution in [0.3, 0.4) is 0 Å². The van der Waals surface area contributed by atoms with E-state index in [9.17, 15) is 9.59 Å². The molecule has 0 saturated carbocycles. The van der Waals surface area contributed by atoms with Crippen molar-refractivity contribution in [2.75, 3.05) is 0 Å². The van der Waals surface area contributed by atoms with Gasteiger partial charge in [0.2, 0.25) is 5.91 Å². The molecule has 3 heterocycles. The minimum Gasteiger partial charge on any atom is -0.459 e. The van der Waals surface area contributed by atoms with Gasteiger partial charge in [0.15, 0.2) is 5.76 Å². The monoisotopic (exact) mass is 367 g/mol. The number of fused-ring (bicyclic) bond motifs is 2. The summed E-state index contributed by atoms with van der Waals surface area (Å²) in [4.78, 5) is 25.4. The lowest BCUT2D eigenvalue weighted by Crippen LogP contribution is -2.54. The molecule has 6 nitrogen and oxygen atoms in total. The molecule has 4 rings (SSSR count). The van der Waals surface area contributed by atoms with Gasteiger partial charge in [-0.2, -0.15) is 0 Å². The van der Waals surface area contributed by atoms with E-state index in [1.807, 2.05) is 30.3 Å². The zero-order valence-electron chi connectivity index (χ0n) is 15.2. The number of benzene rings is 1. The molecule has 0 aliphatic carbocycles. The second-order valence-corrected chi connectivity index (χ2v) is 7.51. The first-order chi connectivity index (χ1) is 13.2. The summed E-state index contributed by atoms with van der Waals surface area (Å²) in [6.45, 7) is 0. The van der Waals surface area contributed by atoms with E-state index in [4.69, 9.17) is 4.42 Å². The highest BCUT2D eigenvalue weighted by Crippen LogP contribution is 2.26. The highest BCUT2D eigenvalue weighted by Gasteiger charge is 2.35. The Morgan fingerprint density at radius 3 is 2.48 bits per heavy atom. The Balaban J connectivity index is 1.44. The molecule has 2 amide bonds. The Labute approximate surface area is 158 Å². The molecule has 2 aromatic rings. The molecule has 0 radical (unpaired) electrons. The van der Waals surface area contributed by atoms with Crippen molar-refractivity contribution in [3.05, 3.63) is 60.1 Å². The van der Waals surface area contributed by atoms with Gasteiger partial charge in [0.1, 0.15) is 6.04 Å². The van der Waals surface area contributed by atoms with Gasteiger partial charge in [-0.1, -0.05) is 30.3 Å². The number of amides is 2. The van der Waals surface area contributed by atoms with Crippen molar-refractivity contribution < 1.29 is 14.0 Å². The number of carbonyl (C=O) groups excluding carboxylic acids is 2. The summed E-state index contributed by atoms with van der Waals surface area (Å²) < 4.78 is 5.16. The van der Waals surface area contributed by atoms with Gasteiger partial charge in [-0.25, -0.2) is 0 Å². The third kappa shape index (κ3) is 4.39. The molecule has 2 aliphatic rings. The maximum atomic E-state index is 13.0. The van der Waals surface area contributed by atoms with Crippen LogP contribution in [0.5, 0.6) is 0 Å². The first kappa shape index (κ1) is 17.8. The number of hydrogen-bond acceptors (Lipinski definition) is 4. The molecular formula is C21H25N3O3. The average molecular weight is 367 g/mol. The van der Waals surface area contributed by atoms with Crippen LogP contribution in [0.15, 0.2) is 53.1 Å². The van der Waals surface area contributed by atoms with Crippen LogP contribution in [0.1, 0.15) is 41.8 Å². The van der Waals surface area contributed by atoms with Gasteiger partial charge in [-0.3, -0.25) is 9.59 Å². The highest BCUT2D eigenvalue weighted by atomic mass is 16.3. The van der Waals surface area contributed by atoms with Crippen molar-refractivity contribution in [1.82, 2.24) is 16.0 Å². The quantitative estimate of drug-likeness (QED) is 0.729. The maximum Gasteiger partial charge on any atom is 0.287 e. The average Bonchev–Trinajstić information content (AvgIpc) is 3.32. The summed E-state index contributed by atoms with van der Waals surface area (Å²) in [5, 5.41) is 9.58. The molecule has 6 heteroatoms. The van der Waals surface area contributed by atoms with Crippen LogP contribution in [0.4, 0.5) is 0 Å². The van der Waals surface area contributed by atoms with Crippen LogP contribution in [0.25, 0.3) is 0 Å². The minimum atomic E-state index is -0.641. The van der Waals surface area contributed by atoms with E-state index < -0.39 is 6.04 Å². The fraction of sp³-hybridized carbons (Fsp3) is 0.429. The Kier molecular flexibility index (Phi) is 5.25. The zero-order chi connectivity index (χ0) is 18.6. The zero-order valence-corrected chi connectivity index (χ0v) is 15.2. The van der Waals surface area contributed by atoms with Crippen LogP contribution >= 0.6 is 0 Å². The molecule has 2 fully saturated rings. The topological polar surface area (TPSA) is 83.4 Å². The van der Waals surface area contributed by atoms with Crippen molar-refractivity contribution in [3.63, 3.8) is 0 Å². The van der Waals surface area contributed by atoms with Crippen molar-refractivity contribution >= 4 is 11.8 Å². The summed E-state index contributed by atoms with van der Waals surface area (Å²) in [5.74, 6) is -0.299. The third-order valence-corrected chi connectivity index (χ3v) is 5.47. The number of hydrogen-bond donors (Lipinski definition) is 3. The summed E-state index contributed by atoms with van der Waals surface area (Å²) in [5.41, 5.74) is 1.00. The van der Waals surface area contributed by atoms with Gasteiger partial charge < -0.3 is 20.4 Å². The van der Waals surface area contributed by atoms with Gasteiger partial charge in [-0.15, -0.1) is 0 Å². The molecule has 27 heavy (non-hydrogen) atoms. The van der Waals surface area contributed by atoms with Crippen molar-refractivity contribution in [2.24, 2.45) is 0 Å². The first-order valence-electron chi connectivity index (χ1n) is 9.62. The van der Waals surface area contributed by atoms with E-state index in [1.54, 1.807) is 12.1 Å². The molecule has 0 spiro atoms. The Morgan fingerprint density at radius 2 is 1.81 bits per heavy atom. The predicted molar refractivity (Wildman–Crippen MR) is 101 cm³/mol. The Morgan fingerprint density at radius 1 is 1.07 bits per heavy atom.